The molecule has 0 radical (unpaired) electrons. The fourth-order valence-corrected chi connectivity index (χ4v) is 2.80. The molecule has 1 atom stereocenters. The van der Waals surface area contributed by atoms with Crippen LogP contribution in [-0.4, -0.2) is 39.3 Å². The molecule has 1 aromatic rings. The molecule has 24 heavy (non-hydrogen) atoms. The van der Waals surface area contributed by atoms with Crippen LogP contribution in [0.3, 0.4) is 0 Å². The highest BCUT2D eigenvalue weighted by molar-refractivity contribution is 9.10. The molecule has 0 fully saturated rings. The molecule has 0 spiro atoms. The molecule has 1 rings (SSSR count). The van der Waals surface area contributed by atoms with Gasteiger partial charge in [-0.15, -0.1) is 0 Å². The smallest absolute Gasteiger partial charge is 0.411 e. The number of amides is 1. The van der Waals surface area contributed by atoms with E-state index >= 15 is 0 Å². The van der Waals surface area contributed by atoms with Crippen molar-refractivity contribution in [3.05, 3.63) is 34.3 Å². The van der Waals surface area contributed by atoms with Crippen LogP contribution in [0.15, 0.2) is 28.7 Å². The average Bonchev–Trinajstić information content (AvgIpc) is 2.33. The highest BCUT2D eigenvalue weighted by Crippen LogP contribution is 2.24. The summed E-state index contributed by atoms with van der Waals surface area (Å²) in [5.74, 6) is -1.06. The van der Waals surface area contributed by atoms with E-state index in [1.54, 1.807) is 41.5 Å². The lowest BCUT2D eigenvalue weighted by Crippen LogP contribution is -2.56. The molecule has 0 bridgehead atoms. The third-order valence-corrected chi connectivity index (χ3v) is 3.72. The van der Waals surface area contributed by atoms with Crippen LogP contribution < -0.4 is 0 Å². The third-order valence-electron chi connectivity index (χ3n) is 3.23. The molecule has 0 aromatic heterocycles. The van der Waals surface area contributed by atoms with Gasteiger partial charge in [0.05, 0.1) is 0 Å². The van der Waals surface area contributed by atoms with Gasteiger partial charge in [0.2, 0.25) is 0 Å². The summed E-state index contributed by atoms with van der Waals surface area (Å²) in [5, 5.41) is 9.72. The van der Waals surface area contributed by atoms with Crippen LogP contribution in [0.5, 0.6) is 0 Å². The minimum atomic E-state index is -1.06. The lowest BCUT2D eigenvalue weighted by atomic mass is 9.98. The summed E-state index contributed by atoms with van der Waals surface area (Å²) in [5.41, 5.74) is -0.564. The molecule has 0 heterocycles. The Morgan fingerprint density at radius 3 is 2.21 bits per heavy atom. The van der Waals surface area contributed by atoms with Crippen LogP contribution in [0, 0.1) is 0 Å². The number of hydrogen-bond donors (Lipinski definition) is 1. The number of nitrogens with zero attached hydrogens (tertiary/aromatic N) is 1. The van der Waals surface area contributed by atoms with E-state index in [9.17, 15) is 14.7 Å². The van der Waals surface area contributed by atoms with Crippen molar-refractivity contribution in [3.8, 4) is 0 Å². The molecule has 0 aliphatic carbocycles. The standard InChI is InChI=1S/C18H26BrNO4/c1-17(2,3)20(16(23)24-18(4,5)6)14(15(21)22)11-12-8-7-9-13(19)10-12/h7-10,14H,11H2,1-6H3,(H,21,22). The van der Waals surface area contributed by atoms with Crippen LogP contribution in [0.4, 0.5) is 4.79 Å². The van der Waals surface area contributed by atoms with Crippen LogP contribution in [-0.2, 0) is 16.0 Å². The zero-order valence-corrected chi connectivity index (χ0v) is 16.7. The molecule has 134 valence electrons. The summed E-state index contributed by atoms with van der Waals surface area (Å²) in [6.45, 7) is 10.7. The predicted molar refractivity (Wildman–Crippen MR) is 97.1 cm³/mol. The molecule has 1 amide bonds. The first-order valence-electron chi connectivity index (χ1n) is 7.81. The molecular weight excluding hydrogens is 374 g/mol. The van der Waals surface area contributed by atoms with E-state index in [1.807, 2.05) is 24.3 Å². The molecule has 5 nitrogen and oxygen atoms in total. The number of carbonyl (C=O) groups is 2. The number of ether oxygens (including phenoxy) is 1. The summed E-state index contributed by atoms with van der Waals surface area (Å²) >= 11 is 3.38. The number of carboxylic acids is 1. The quantitative estimate of drug-likeness (QED) is 0.809. The lowest BCUT2D eigenvalue weighted by Gasteiger charge is -2.40. The molecule has 0 saturated heterocycles. The van der Waals surface area contributed by atoms with E-state index in [0.29, 0.717) is 0 Å². The highest BCUT2D eigenvalue weighted by Gasteiger charge is 2.39. The molecule has 0 aliphatic rings. The summed E-state index contributed by atoms with van der Waals surface area (Å²) in [4.78, 5) is 25.8. The second kappa shape index (κ2) is 7.55. The van der Waals surface area contributed by atoms with Crippen LogP contribution >= 0.6 is 15.9 Å². The van der Waals surface area contributed by atoms with E-state index in [2.05, 4.69) is 15.9 Å². The Morgan fingerprint density at radius 2 is 1.79 bits per heavy atom. The van der Waals surface area contributed by atoms with Crippen molar-refractivity contribution in [2.24, 2.45) is 0 Å². The zero-order valence-electron chi connectivity index (χ0n) is 15.1. The lowest BCUT2D eigenvalue weighted by molar-refractivity contribution is -0.145. The number of carbonyl (C=O) groups excluding carboxylic acids is 1. The SMILES string of the molecule is CC(C)(C)OC(=O)N(C(Cc1cccc(Br)c1)C(=O)O)C(C)(C)C. The van der Waals surface area contributed by atoms with Gasteiger partial charge in [0.1, 0.15) is 11.6 Å². The van der Waals surface area contributed by atoms with E-state index in [0.717, 1.165) is 10.0 Å². The van der Waals surface area contributed by atoms with Gasteiger partial charge in [-0.2, -0.15) is 0 Å². The van der Waals surface area contributed by atoms with Crippen molar-refractivity contribution in [1.29, 1.82) is 0 Å². The fourth-order valence-electron chi connectivity index (χ4n) is 2.36. The molecule has 1 N–H and O–H groups in total. The van der Waals surface area contributed by atoms with Gasteiger partial charge >= 0.3 is 12.1 Å². The molecular formula is C18H26BrNO4. The Hall–Kier alpha value is -1.56. The Balaban J connectivity index is 3.19. The van der Waals surface area contributed by atoms with Gasteiger partial charge in [0.25, 0.3) is 0 Å². The minimum absolute atomic E-state index is 0.200. The summed E-state index contributed by atoms with van der Waals surface area (Å²) < 4.78 is 6.30. The van der Waals surface area contributed by atoms with Crippen molar-refractivity contribution < 1.29 is 19.4 Å². The van der Waals surface area contributed by atoms with E-state index in [1.165, 1.54) is 4.90 Å². The first kappa shape index (κ1) is 20.5. The third kappa shape index (κ3) is 6.15. The van der Waals surface area contributed by atoms with Gasteiger partial charge in [-0.05, 0) is 59.2 Å². The Kier molecular flexibility index (Phi) is 6.45. The molecule has 1 aromatic carbocycles. The second-order valence-corrected chi connectivity index (χ2v) is 8.62. The van der Waals surface area contributed by atoms with Gasteiger partial charge in [-0.25, -0.2) is 9.59 Å². The fraction of sp³-hybridized carbons (Fsp3) is 0.556. The first-order chi connectivity index (χ1) is 10.8. The normalized spacial score (nSPS) is 13.3. The number of aliphatic carboxylic acids is 1. The first-order valence-corrected chi connectivity index (χ1v) is 8.60. The Morgan fingerprint density at radius 1 is 1.21 bits per heavy atom. The van der Waals surface area contributed by atoms with Gasteiger partial charge in [0, 0.05) is 16.4 Å². The van der Waals surface area contributed by atoms with E-state index in [-0.39, 0.29) is 6.42 Å². The maximum Gasteiger partial charge on any atom is 0.411 e. The number of hydrogen-bond acceptors (Lipinski definition) is 3. The number of carboxylic acid groups (broad SMARTS) is 1. The maximum absolute atomic E-state index is 12.6. The van der Waals surface area contributed by atoms with Crippen molar-refractivity contribution in [2.45, 2.75) is 65.1 Å². The van der Waals surface area contributed by atoms with Gasteiger partial charge in [-0.3, -0.25) is 4.90 Å². The van der Waals surface area contributed by atoms with Gasteiger partial charge in [-0.1, -0.05) is 28.1 Å². The van der Waals surface area contributed by atoms with Gasteiger partial charge in [0.15, 0.2) is 0 Å². The largest absolute Gasteiger partial charge is 0.480 e. The van der Waals surface area contributed by atoms with Crippen molar-refractivity contribution in [2.75, 3.05) is 0 Å². The van der Waals surface area contributed by atoms with Crippen LogP contribution in [0.2, 0.25) is 0 Å². The number of halogens is 1. The van der Waals surface area contributed by atoms with Crippen molar-refractivity contribution in [3.63, 3.8) is 0 Å². The second-order valence-electron chi connectivity index (χ2n) is 7.71. The van der Waals surface area contributed by atoms with Crippen LogP contribution in [0.25, 0.3) is 0 Å². The Bertz CT molecular complexity index is 602. The van der Waals surface area contributed by atoms with Crippen molar-refractivity contribution in [1.82, 2.24) is 4.90 Å². The monoisotopic (exact) mass is 399 g/mol. The minimum Gasteiger partial charge on any atom is -0.480 e. The topological polar surface area (TPSA) is 66.8 Å². The van der Waals surface area contributed by atoms with Gasteiger partial charge < -0.3 is 9.84 Å². The molecule has 1 unspecified atom stereocenters. The zero-order chi connectivity index (χ0) is 18.7. The number of benzene rings is 1. The predicted octanol–water partition coefficient (Wildman–Crippen LogP) is 4.48. The Labute approximate surface area is 152 Å². The van der Waals surface area contributed by atoms with Crippen molar-refractivity contribution >= 4 is 28.0 Å². The highest BCUT2D eigenvalue weighted by atomic mass is 79.9. The summed E-state index contributed by atoms with van der Waals surface area (Å²) in [6.07, 6.45) is -0.428. The average molecular weight is 400 g/mol. The molecule has 6 heteroatoms. The van der Waals surface area contributed by atoms with Crippen LogP contribution in [0.1, 0.15) is 47.1 Å². The van der Waals surface area contributed by atoms with E-state index in [4.69, 9.17) is 4.74 Å². The number of rotatable bonds is 4. The maximum atomic E-state index is 12.6. The summed E-state index contributed by atoms with van der Waals surface area (Å²) in [6, 6.07) is 6.39. The summed E-state index contributed by atoms with van der Waals surface area (Å²) in [7, 11) is 0. The molecule has 0 aliphatic heterocycles. The van der Waals surface area contributed by atoms with E-state index < -0.39 is 29.2 Å². The molecule has 0 saturated carbocycles.